The van der Waals surface area contributed by atoms with Gasteiger partial charge in [-0.25, -0.2) is 26.3 Å². The van der Waals surface area contributed by atoms with Crippen LogP contribution in [-0.2, 0) is 20.0 Å². The Morgan fingerprint density at radius 2 is 1.11 bits per heavy atom. The number of hydrogen-bond acceptors (Lipinski definition) is 4. The van der Waals surface area contributed by atoms with E-state index in [2.05, 4.69) is 9.44 Å². The van der Waals surface area contributed by atoms with Crippen LogP contribution in [0.1, 0.15) is 26.7 Å². The summed E-state index contributed by atoms with van der Waals surface area (Å²) in [6, 6.07) is 0. The molecule has 0 fully saturated rings. The molecule has 0 heterocycles. The Hall–Kier alpha value is -0.700. The highest BCUT2D eigenvalue weighted by molar-refractivity contribution is 7.92. The minimum Gasteiger partial charge on any atom is -0.212 e. The maximum absolute atomic E-state index is 11.2. The van der Waals surface area contributed by atoms with E-state index in [0.29, 0.717) is 12.8 Å². The highest BCUT2D eigenvalue weighted by atomic mass is 32.2. The lowest BCUT2D eigenvalue weighted by Gasteiger charge is -2.04. The minimum absolute atomic E-state index is 0.290. The van der Waals surface area contributed by atoms with Crippen LogP contribution in [-0.4, -0.2) is 29.9 Å². The Morgan fingerprint density at radius 1 is 0.778 bits per heavy atom. The first kappa shape index (κ1) is 17.3. The molecule has 0 aromatic carbocycles. The molecule has 6 nitrogen and oxygen atoms in total. The summed E-state index contributed by atoms with van der Waals surface area (Å²) in [5.74, 6) is 0. The van der Waals surface area contributed by atoms with Crippen molar-refractivity contribution in [3.8, 4) is 0 Å². The molecule has 0 saturated heterocycles. The second kappa shape index (κ2) is 8.41. The first-order valence-electron chi connectivity index (χ1n) is 5.57. The molecule has 0 aliphatic carbocycles. The maximum Gasteiger partial charge on any atom is 0.233 e. The zero-order valence-electron chi connectivity index (χ0n) is 10.6. The topological polar surface area (TPSA) is 92.3 Å². The first-order valence-corrected chi connectivity index (χ1v) is 8.67. The van der Waals surface area contributed by atoms with Gasteiger partial charge in [0.1, 0.15) is 0 Å². The molecule has 0 bridgehead atoms. The Labute approximate surface area is 109 Å². The SMILES string of the molecule is CC=CS(=O)(=O)NCCCCNS(=O)(=O)C=CC. The van der Waals surface area contributed by atoms with Crippen LogP contribution in [0, 0.1) is 0 Å². The Kier molecular flexibility index (Phi) is 8.08. The number of hydrogen-bond donors (Lipinski definition) is 2. The number of allylic oxidation sites excluding steroid dienone is 2. The molecule has 0 aromatic heterocycles. The standard InChI is InChI=1S/C10H20N2O4S2/c1-3-9-17(13,14)11-7-5-6-8-12-18(15,16)10-4-2/h3-4,9-12H,5-8H2,1-2H3. The van der Waals surface area contributed by atoms with Crippen LogP contribution in [0.5, 0.6) is 0 Å². The van der Waals surface area contributed by atoms with Crippen LogP contribution in [0.4, 0.5) is 0 Å². The van der Waals surface area contributed by atoms with Crippen molar-refractivity contribution in [2.75, 3.05) is 13.1 Å². The highest BCUT2D eigenvalue weighted by Crippen LogP contribution is 1.92. The lowest BCUT2D eigenvalue weighted by atomic mass is 10.3. The third-order valence-corrected chi connectivity index (χ3v) is 4.31. The van der Waals surface area contributed by atoms with Crippen LogP contribution in [0.15, 0.2) is 23.0 Å². The zero-order chi connectivity index (χ0) is 14.1. The van der Waals surface area contributed by atoms with Gasteiger partial charge in [0.2, 0.25) is 20.0 Å². The summed E-state index contributed by atoms with van der Waals surface area (Å²) >= 11 is 0. The fourth-order valence-corrected chi connectivity index (χ4v) is 2.90. The molecule has 0 saturated carbocycles. The van der Waals surface area contributed by atoms with Crippen molar-refractivity contribution in [3.63, 3.8) is 0 Å². The summed E-state index contributed by atoms with van der Waals surface area (Å²) in [6.45, 7) is 3.82. The molecular formula is C10H20N2O4S2. The van der Waals surface area contributed by atoms with E-state index in [1.54, 1.807) is 13.8 Å². The predicted molar refractivity (Wildman–Crippen MR) is 72.7 cm³/mol. The first-order chi connectivity index (χ1) is 8.33. The second-order valence-corrected chi connectivity index (χ2v) is 6.83. The van der Waals surface area contributed by atoms with E-state index in [9.17, 15) is 16.8 Å². The molecular weight excluding hydrogens is 276 g/mol. The molecule has 0 unspecified atom stereocenters. The fraction of sp³-hybridized carbons (Fsp3) is 0.600. The molecule has 18 heavy (non-hydrogen) atoms. The third kappa shape index (κ3) is 9.34. The normalized spacial score (nSPS) is 13.7. The van der Waals surface area contributed by atoms with Gasteiger partial charge in [-0.1, -0.05) is 12.2 Å². The van der Waals surface area contributed by atoms with Gasteiger partial charge in [0.25, 0.3) is 0 Å². The van der Waals surface area contributed by atoms with Crippen molar-refractivity contribution in [1.29, 1.82) is 0 Å². The maximum atomic E-state index is 11.2. The fourth-order valence-electron chi connectivity index (χ4n) is 1.13. The van der Waals surface area contributed by atoms with Crippen molar-refractivity contribution in [2.24, 2.45) is 0 Å². The molecule has 0 spiro atoms. The quantitative estimate of drug-likeness (QED) is 0.612. The zero-order valence-corrected chi connectivity index (χ0v) is 12.2. The third-order valence-electron chi connectivity index (χ3n) is 1.84. The van der Waals surface area contributed by atoms with Crippen LogP contribution >= 0.6 is 0 Å². The predicted octanol–water partition coefficient (Wildman–Crippen LogP) is 0.673. The molecule has 0 aliphatic heterocycles. The number of rotatable bonds is 9. The van der Waals surface area contributed by atoms with Gasteiger partial charge in [-0.05, 0) is 26.7 Å². The van der Waals surface area contributed by atoms with Crippen molar-refractivity contribution in [3.05, 3.63) is 23.0 Å². The van der Waals surface area contributed by atoms with Gasteiger partial charge >= 0.3 is 0 Å². The van der Waals surface area contributed by atoms with Gasteiger partial charge < -0.3 is 0 Å². The summed E-state index contributed by atoms with van der Waals surface area (Å²) in [7, 11) is -6.67. The molecule has 0 atom stereocenters. The molecule has 0 radical (unpaired) electrons. The molecule has 8 heteroatoms. The van der Waals surface area contributed by atoms with Crippen LogP contribution in [0.3, 0.4) is 0 Å². The lowest BCUT2D eigenvalue weighted by Crippen LogP contribution is -2.25. The lowest BCUT2D eigenvalue weighted by molar-refractivity contribution is 0.576. The van der Waals surface area contributed by atoms with Gasteiger partial charge in [-0.3, -0.25) is 0 Å². The van der Waals surface area contributed by atoms with Crippen LogP contribution < -0.4 is 9.44 Å². The Balaban J connectivity index is 3.77. The van der Waals surface area contributed by atoms with Gasteiger partial charge in [-0.15, -0.1) is 0 Å². The van der Waals surface area contributed by atoms with E-state index in [4.69, 9.17) is 0 Å². The molecule has 2 N–H and O–H groups in total. The van der Waals surface area contributed by atoms with Crippen LogP contribution in [0.25, 0.3) is 0 Å². The highest BCUT2D eigenvalue weighted by Gasteiger charge is 2.04. The molecule has 0 aliphatic rings. The van der Waals surface area contributed by atoms with E-state index >= 15 is 0 Å². The van der Waals surface area contributed by atoms with Gasteiger partial charge in [0.15, 0.2) is 0 Å². The van der Waals surface area contributed by atoms with Gasteiger partial charge in [0, 0.05) is 23.9 Å². The summed E-state index contributed by atoms with van der Waals surface area (Å²) in [6.07, 6.45) is 4.01. The number of sulfonamides is 2. The van der Waals surface area contributed by atoms with E-state index < -0.39 is 20.0 Å². The average Bonchev–Trinajstić information content (AvgIpc) is 2.22. The molecule has 0 aromatic rings. The number of unbranched alkanes of at least 4 members (excludes halogenated alkanes) is 1. The molecule has 0 rings (SSSR count). The van der Waals surface area contributed by atoms with Crippen molar-refractivity contribution in [1.82, 2.24) is 9.44 Å². The monoisotopic (exact) mass is 296 g/mol. The summed E-state index contributed by atoms with van der Waals surface area (Å²) in [5.41, 5.74) is 0. The minimum atomic E-state index is -3.34. The average molecular weight is 296 g/mol. The van der Waals surface area contributed by atoms with Gasteiger partial charge in [-0.2, -0.15) is 0 Å². The summed E-state index contributed by atoms with van der Waals surface area (Å²) < 4.78 is 49.5. The largest absolute Gasteiger partial charge is 0.233 e. The molecule has 106 valence electrons. The second-order valence-electron chi connectivity index (χ2n) is 3.52. The van der Waals surface area contributed by atoms with Crippen molar-refractivity contribution >= 4 is 20.0 Å². The molecule has 0 amide bonds. The van der Waals surface area contributed by atoms with E-state index in [0.717, 1.165) is 10.8 Å². The van der Waals surface area contributed by atoms with Crippen molar-refractivity contribution < 1.29 is 16.8 Å². The van der Waals surface area contributed by atoms with E-state index in [1.165, 1.54) is 12.2 Å². The van der Waals surface area contributed by atoms with Gasteiger partial charge in [0.05, 0.1) is 0 Å². The smallest absolute Gasteiger partial charge is 0.212 e. The van der Waals surface area contributed by atoms with E-state index in [-0.39, 0.29) is 13.1 Å². The Bertz CT molecular complexity index is 432. The number of nitrogens with one attached hydrogen (secondary N) is 2. The van der Waals surface area contributed by atoms with E-state index in [1.807, 2.05) is 0 Å². The summed E-state index contributed by atoms with van der Waals surface area (Å²) in [5, 5.41) is 2.17. The Morgan fingerprint density at radius 3 is 1.39 bits per heavy atom. The van der Waals surface area contributed by atoms with Crippen molar-refractivity contribution in [2.45, 2.75) is 26.7 Å². The summed E-state index contributed by atoms with van der Waals surface area (Å²) in [4.78, 5) is 0. The van der Waals surface area contributed by atoms with Crippen LogP contribution in [0.2, 0.25) is 0 Å².